The highest BCUT2D eigenvalue weighted by Crippen LogP contribution is 2.19. The number of benzene rings is 1. The zero-order valence-electron chi connectivity index (χ0n) is 12.9. The first kappa shape index (κ1) is 14.8. The molecule has 0 radical (unpaired) electrons. The Morgan fingerprint density at radius 3 is 2.95 bits per heavy atom. The van der Waals surface area contributed by atoms with Crippen molar-refractivity contribution in [2.75, 3.05) is 13.1 Å². The van der Waals surface area contributed by atoms with Crippen molar-refractivity contribution in [2.45, 2.75) is 32.2 Å². The maximum Gasteiger partial charge on any atom is 0.272 e. The number of carbonyl (C=O) groups excluding carboxylic acids is 1. The van der Waals surface area contributed by atoms with Crippen LogP contribution in [0.2, 0.25) is 0 Å². The molecule has 1 aliphatic heterocycles. The zero-order valence-corrected chi connectivity index (χ0v) is 12.9. The molecule has 5 nitrogen and oxygen atoms in total. The molecule has 1 aromatic carbocycles. The molecule has 0 aliphatic carbocycles. The van der Waals surface area contributed by atoms with Gasteiger partial charge in [-0.1, -0.05) is 37.3 Å². The van der Waals surface area contributed by atoms with Crippen LogP contribution in [0, 0.1) is 0 Å². The van der Waals surface area contributed by atoms with Crippen molar-refractivity contribution < 1.29 is 4.79 Å². The normalized spacial score (nSPS) is 15.1. The summed E-state index contributed by atoms with van der Waals surface area (Å²) in [5, 5.41) is 13.5. The number of carbonyl (C=O) groups is 1. The first-order valence-corrected chi connectivity index (χ1v) is 7.89. The Morgan fingerprint density at radius 1 is 1.36 bits per heavy atom. The highest BCUT2D eigenvalue weighted by molar-refractivity contribution is 5.94. The zero-order chi connectivity index (χ0) is 15.4. The molecule has 116 valence electrons. The van der Waals surface area contributed by atoms with Crippen LogP contribution < -0.4 is 10.6 Å². The van der Waals surface area contributed by atoms with Gasteiger partial charge in [0.1, 0.15) is 0 Å². The third kappa shape index (κ3) is 3.04. The Kier molecular flexibility index (Phi) is 4.53. The van der Waals surface area contributed by atoms with Crippen molar-refractivity contribution in [3.05, 3.63) is 52.8 Å². The summed E-state index contributed by atoms with van der Waals surface area (Å²) in [6.07, 6.45) is 1.89. The van der Waals surface area contributed by atoms with Crippen LogP contribution in [-0.2, 0) is 13.0 Å². The summed E-state index contributed by atoms with van der Waals surface area (Å²) in [7, 11) is 0. The highest BCUT2D eigenvalue weighted by Gasteiger charge is 2.22. The Morgan fingerprint density at radius 2 is 2.18 bits per heavy atom. The topological polar surface area (TPSA) is 69.8 Å². The van der Waals surface area contributed by atoms with Gasteiger partial charge >= 0.3 is 0 Å². The van der Waals surface area contributed by atoms with Crippen LogP contribution in [-0.4, -0.2) is 29.2 Å². The summed E-state index contributed by atoms with van der Waals surface area (Å²) >= 11 is 0. The number of H-pyrrole nitrogens is 1. The molecular formula is C17H22N4O. The number of rotatable bonds is 5. The fourth-order valence-electron chi connectivity index (χ4n) is 2.94. The molecule has 1 aromatic heterocycles. The summed E-state index contributed by atoms with van der Waals surface area (Å²) in [5.74, 6) is 0.244. The van der Waals surface area contributed by atoms with E-state index in [9.17, 15) is 4.79 Å². The molecule has 0 saturated carbocycles. The van der Waals surface area contributed by atoms with Crippen LogP contribution in [0.4, 0.5) is 0 Å². The molecule has 1 aliphatic rings. The van der Waals surface area contributed by atoms with Gasteiger partial charge in [-0.3, -0.25) is 9.89 Å². The molecule has 0 fully saturated rings. The molecule has 2 aromatic rings. The minimum absolute atomic E-state index is 0.0874. The number of nitrogens with zero attached hydrogens (tertiary/aromatic N) is 1. The summed E-state index contributed by atoms with van der Waals surface area (Å²) in [6.45, 7) is 4.42. The Hall–Kier alpha value is -2.14. The van der Waals surface area contributed by atoms with Crippen LogP contribution in [0.15, 0.2) is 30.3 Å². The SMILES string of the molecule is CCC(CNC(=O)c1n[nH]c2c1CNCC2)c1ccccc1. The van der Waals surface area contributed by atoms with Crippen molar-refractivity contribution >= 4 is 5.91 Å². The molecule has 5 heteroatoms. The van der Waals surface area contributed by atoms with Crippen molar-refractivity contribution in [1.29, 1.82) is 0 Å². The first-order chi connectivity index (χ1) is 10.8. The quantitative estimate of drug-likeness (QED) is 0.790. The number of hydrogen-bond acceptors (Lipinski definition) is 3. The van der Waals surface area contributed by atoms with Crippen molar-refractivity contribution in [2.24, 2.45) is 0 Å². The minimum atomic E-state index is -0.0874. The van der Waals surface area contributed by atoms with E-state index in [1.807, 2.05) is 18.2 Å². The van der Waals surface area contributed by atoms with Crippen LogP contribution in [0.1, 0.15) is 46.6 Å². The minimum Gasteiger partial charge on any atom is -0.350 e. The average Bonchev–Trinajstić information content (AvgIpc) is 3.00. The second-order valence-corrected chi connectivity index (χ2v) is 5.68. The largest absolute Gasteiger partial charge is 0.350 e. The smallest absolute Gasteiger partial charge is 0.272 e. The fourth-order valence-corrected chi connectivity index (χ4v) is 2.94. The van der Waals surface area contributed by atoms with Gasteiger partial charge < -0.3 is 10.6 Å². The van der Waals surface area contributed by atoms with E-state index in [-0.39, 0.29) is 5.91 Å². The van der Waals surface area contributed by atoms with E-state index in [4.69, 9.17) is 0 Å². The van der Waals surface area contributed by atoms with E-state index in [2.05, 4.69) is 39.9 Å². The van der Waals surface area contributed by atoms with Gasteiger partial charge in [0.25, 0.3) is 5.91 Å². The predicted octanol–water partition coefficient (Wildman–Crippen LogP) is 1.98. The first-order valence-electron chi connectivity index (χ1n) is 7.89. The second-order valence-electron chi connectivity index (χ2n) is 5.68. The van der Waals surface area contributed by atoms with Crippen LogP contribution in [0.3, 0.4) is 0 Å². The highest BCUT2D eigenvalue weighted by atomic mass is 16.1. The van der Waals surface area contributed by atoms with Crippen LogP contribution in [0.25, 0.3) is 0 Å². The molecule has 1 amide bonds. The van der Waals surface area contributed by atoms with Crippen molar-refractivity contribution in [1.82, 2.24) is 20.8 Å². The maximum absolute atomic E-state index is 12.4. The van der Waals surface area contributed by atoms with Gasteiger partial charge in [0.15, 0.2) is 5.69 Å². The standard InChI is InChI=1S/C17H22N4O/c1-2-12(13-6-4-3-5-7-13)10-19-17(22)16-14-11-18-9-8-15(14)20-21-16/h3-7,12,18H,2,8-11H2,1H3,(H,19,22)(H,20,21). The van der Waals surface area contributed by atoms with E-state index >= 15 is 0 Å². The van der Waals surface area contributed by atoms with Gasteiger partial charge in [0, 0.05) is 43.2 Å². The van der Waals surface area contributed by atoms with E-state index in [0.717, 1.165) is 30.6 Å². The number of nitrogens with one attached hydrogen (secondary N) is 3. The number of hydrogen-bond donors (Lipinski definition) is 3. The van der Waals surface area contributed by atoms with Crippen LogP contribution >= 0.6 is 0 Å². The lowest BCUT2D eigenvalue weighted by Gasteiger charge is -2.17. The fraction of sp³-hybridized carbons (Fsp3) is 0.412. The van der Waals surface area contributed by atoms with E-state index in [0.29, 0.717) is 24.7 Å². The van der Waals surface area contributed by atoms with Gasteiger partial charge in [0.2, 0.25) is 0 Å². The molecular weight excluding hydrogens is 276 g/mol. The molecule has 0 saturated heterocycles. The third-order valence-corrected chi connectivity index (χ3v) is 4.29. The Balaban J connectivity index is 1.66. The van der Waals surface area contributed by atoms with E-state index in [1.54, 1.807) is 0 Å². The molecule has 1 atom stereocenters. The molecule has 3 rings (SSSR count). The second kappa shape index (κ2) is 6.75. The molecule has 2 heterocycles. The number of aromatic amines is 1. The maximum atomic E-state index is 12.4. The monoisotopic (exact) mass is 298 g/mol. The summed E-state index contributed by atoms with van der Waals surface area (Å²) in [6, 6.07) is 10.3. The lowest BCUT2D eigenvalue weighted by Crippen LogP contribution is -2.31. The molecule has 22 heavy (non-hydrogen) atoms. The van der Waals surface area contributed by atoms with E-state index in [1.165, 1.54) is 5.56 Å². The Labute approximate surface area is 130 Å². The van der Waals surface area contributed by atoms with E-state index < -0.39 is 0 Å². The van der Waals surface area contributed by atoms with Gasteiger partial charge in [-0.05, 0) is 12.0 Å². The average molecular weight is 298 g/mol. The lowest BCUT2D eigenvalue weighted by molar-refractivity contribution is 0.0944. The third-order valence-electron chi connectivity index (χ3n) is 4.29. The van der Waals surface area contributed by atoms with Gasteiger partial charge in [-0.2, -0.15) is 5.10 Å². The summed E-state index contributed by atoms with van der Waals surface area (Å²) in [5.41, 5.74) is 3.89. The summed E-state index contributed by atoms with van der Waals surface area (Å²) in [4.78, 5) is 12.4. The van der Waals surface area contributed by atoms with Gasteiger partial charge in [0.05, 0.1) is 0 Å². The van der Waals surface area contributed by atoms with Crippen molar-refractivity contribution in [3.63, 3.8) is 0 Å². The molecule has 1 unspecified atom stereocenters. The number of aromatic nitrogens is 2. The molecule has 3 N–H and O–H groups in total. The number of amides is 1. The Bertz CT molecular complexity index is 635. The molecule has 0 spiro atoms. The van der Waals surface area contributed by atoms with Gasteiger partial charge in [-0.25, -0.2) is 0 Å². The molecule has 0 bridgehead atoms. The van der Waals surface area contributed by atoms with Gasteiger partial charge in [-0.15, -0.1) is 0 Å². The lowest BCUT2D eigenvalue weighted by atomic mass is 9.96. The van der Waals surface area contributed by atoms with Crippen LogP contribution in [0.5, 0.6) is 0 Å². The summed E-state index contributed by atoms with van der Waals surface area (Å²) < 4.78 is 0. The number of fused-ring (bicyclic) bond motifs is 1. The predicted molar refractivity (Wildman–Crippen MR) is 85.8 cm³/mol. The van der Waals surface area contributed by atoms with Crippen molar-refractivity contribution in [3.8, 4) is 0 Å².